The van der Waals surface area contributed by atoms with Crippen molar-refractivity contribution in [2.45, 2.75) is 62.1 Å². The molecule has 2 aromatic rings. The number of nitrogens with one attached hydrogen (secondary N) is 1. The Morgan fingerprint density at radius 2 is 1.64 bits per heavy atom. The van der Waals surface area contributed by atoms with Crippen molar-refractivity contribution >= 4 is 5.82 Å². The van der Waals surface area contributed by atoms with Crippen molar-refractivity contribution < 1.29 is 28.5 Å². The molecule has 2 aromatic heterocycles. The number of aliphatic hydroxyl groups is 2. The normalized spacial score (nSPS) is 31.9. The summed E-state index contributed by atoms with van der Waals surface area (Å²) >= 11 is 0. The zero-order chi connectivity index (χ0) is 31.2. The van der Waals surface area contributed by atoms with E-state index in [-0.39, 0.29) is 5.82 Å². The van der Waals surface area contributed by atoms with E-state index in [1.165, 1.54) is 18.5 Å². The Morgan fingerprint density at radius 1 is 1.07 bits per heavy atom. The minimum atomic E-state index is -1.97. The molecule has 228 valence electrons. The number of ether oxygens (including phenoxy) is 2. The molecule has 20 heteroatoms. The van der Waals surface area contributed by atoms with Gasteiger partial charge < -0.3 is 25.4 Å². The molecule has 0 bridgehead atoms. The van der Waals surface area contributed by atoms with Crippen LogP contribution in [0.3, 0.4) is 0 Å². The van der Waals surface area contributed by atoms with Crippen LogP contribution in [0.4, 0.5) is 14.6 Å². The van der Waals surface area contributed by atoms with E-state index >= 15 is 0 Å². The molecule has 0 unspecified atom stereocenters. The Labute approximate surface area is 234 Å². The molecule has 18 nitrogen and oxygen atoms in total. The Kier molecular flexibility index (Phi) is 10.1. The first-order valence-corrected chi connectivity index (χ1v) is 12.5. The molecule has 8 atom stereocenters. The van der Waals surface area contributed by atoms with E-state index in [9.17, 15) is 33.4 Å². The monoisotopic (exact) mass is 597 g/mol. The number of aromatic amines is 1. The quantitative estimate of drug-likeness (QED) is 0.188. The van der Waals surface area contributed by atoms with Crippen molar-refractivity contribution in [3.8, 4) is 0 Å². The SMILES string of the molecule is CC[C@@]1(CF)O[C@@H](n2ccc(=O)[nH]c2=O)[C@@H](N=[N+]=[N-])[C@@H]1C.[N-]=[N+]=N[C@@H]1[C@H](n2ccc(N)nc2=O)O[C@@](CO)(CF)[C@H]1O. The maximum Gasteiger partial charge on any atom is 0.351 e. The van der Waals surface area contributed by atoms with Crippen molar-refractivity contribution in [1.82, 2.24) is 19.1 Å². The van der Waals surface area contributed by atoms with Crippen LogP contribution in [-0.4, -0.2) is 78.7 Å². The van der Waals surface area contributed by atoms with Crippen LogP contribution >= 0.6 is 0 Å². The molecule has 0 saturated carbocycles. The van der Waals surface area contributed by atoms with Crippen molar-refractivity contribution in [3.05, 3.63) is 76.7 Å². The second kappa shape index (κ2) is 13.1. The highest BCUT2D eigenvalue weighted by Gasteiger charge is 2.55. The number of halogens is 2. The molecule has 2 fully saturated rings. The molecular formula is C22H29F2N11O7. The summed E-state index contributed by atoms with van der Waals surface area (Å²) in [7, 11) is 0. The molecule has 0 amide bonds. The van der Waals surface area contributed by atoms with Gasteiger partial charge in [0.1, 0.15) is 48.7 Å². The molecule has 0 spiro atoms. The average Bonchev–Trinajstić information content (AvgIpc) is 3.40. The van der Waals surface area contributed by atoms with Gasteiger partial charge in [0.15, 0.2) is 6.23 Å². The van der Waals surface area contributed by atoms with Crippen LogP contribution in [0.1, 0.15) is 32.7 Å². The maximum atomic E-state index is 13.5. The summed E-state index contributed by atoms with van der Waals surface area (Å²) in [5.74, 6) is -0.443. The van der Waals surface area contributed by atoms with Crippen LogP contribution < -0.4 is 22.7 Å². The zero-order valence-corrected chi connectivity index (χ0v) is 22.4. The Balaban J connectivity index is 0.000000230. The lowest BCUT2D eigenvalue weighted by atomic mass is 9.85. The number of anilines is 1. The van der Waals surface area contributed by atoms with Crippen molar-refractivity contribution in [1.29, 1.82) is 0 Å². The molecule has 2 aliphatic heterocycles. The number of aliphatic hydroxyl groups excluding tert-OH is 2. The lowest BCUT2D eigenvalue weighted by Crippen LogP contribution is -2.47. The van der Waals surface area contributed by atoms with Crippen molar-refractivity contribution in [2.75, 3.05) is 25.7 Å². The molecular weight excluding hydrogens is 568 g/mol. The van der Waals surface area contributed by atoms with Crippen LogP contribution in [0, 0.1) is 5.92 Å². The second-order valence-corrected chi connectivity index (χ2v) is 9.61. The van der Waals surface area contributed by atoms with Gasteiger partial charge in [0.05, 0.1) is 12.6 Å². The van der Waals surface area contributed by atoms with E-state index in [1.54, 1.807) is 13.8 Å². The number of alkyl halides is 2. The van der Waals surface area contributed by atoms with E-state index in [2.05, 4.69) is 30.0 Å². The molecule has 42 heavy (non-hydrogen) atoms. The van der Waals surface area contributed by atoms with E-state index < -0.39 is 84.7 Å². The molecule has 0 radical (unpaired) electrons. The summed E-state index contributed by atoms with van der Waals surface area (Å²) in [5, 5.41) is 26.3. The number of nitrogens with zero attached hydrogens (tertiary/aromatic N) is 9. The molecule has 5 N–H and O–H groups in total. The van der Waals surface area contributed by atoms with Crippen LogP contribution in [0.5, 0.6) is 0 Å². The first kappa shape index (κ1) is 32.2. The van der Waals surface area contributed by atoms with Gasteiger partial charge in [0.25, 0.3) is 5.56 Å². The summed E-state index contributed by atoms with van der Waals surface area (Å²) < 4.78 is 39.7. The zero-order valence-electron chi connectivity index (χ0n) is 22.4. The lowest BCUT2D eigenvalue weighted by Gasteiger charge is -2.28. The highest BCUT2D eigenvalue weighted by molar-refractivity contribution is 5.24. The van der Waals surface area contributed by atoms with Gasteiger partial charge in [-0.3, -0.25) is 18.9 Å². The maximum absolute atomic E-state index is 13.5. The summed E-state index contributed by atoms with van der Waals surface area (Å²) in [6.45, 7) is 0.655. The van der Waals surface area contributed by atoms with E-state index in [0.717, 1.165) is 15.2 Å². The lowest BCUT2D eigenvalue weighted by molar-refractivity contribution is -0.138. The fourth-order valence-corrected chi connectivity index (χ4v) is 4.85. The third-order valence-corrected chi connectivity index (χ3v) is 7.44. The Bertz CT molecular complexity index is 1530. The number of H-pyrrole nitrogens is 1. The van der Waals surface area contributed by atoms with Gasteiger partial charge in [-0.15, -0.1) is 0 Å². The van der Waals surface area contributed by atoms with E-state index in [0.29, 0.717) is 6.42 Å². The van der Waals surface area contributed by atoms with E-state index in [1.807, 2.05) is 0 Å². The number of azide groups is 2. The molecule has 0 aliphatic carbocycles. The van der Waals surface area contributed by atoms with Gasteiger partial charge in [0.2, 0.25) is 0 Å². The average molecular weight is 598 g/mol. The summed E-state index contributed by atoms with van der Waals surface area (Å²) in [6, 6.07) is 0.401. The van der Waals surface area contributed by atoms with Gasteiger partial charge in [-0.2, -0.15) is 4.98 Å². The number of hydrogen-bond acceptors (Lipinski definition) is 11. The van der Waals surface area contributed by atoms with E-state index in [4.69, 9.17) is 26.3 Å². The second-order valence-electron chi connectivity index (χ2n) is 9.61. The minimum absolute atomic E-state index is 0.0333. The largest absolute Gasteiger partial charge is 0.393 e. The minimum Gasteiger partial charge on any atom is -0.393 e. The molecule has 0 aromatic carbocycles. The smallest absolute Gasteiger partial charge is 0.351 e. The fourth-order valence-electron chi connectivity index (χ4n) is 4.85. The molecule has 4 rings (SSSR count). The first-order chi connectivity index (χ1) is 20.0. The van der Waals surface area contributed by atoms with Crippen LogP contribution in [0.2, 0.25) is 0 Å². The van der Waals surface area contributed by atoms with Crippen LogP contribution in [0.25, 0.3) is 20.9 Å². The number of aromatic nitrogens is 4. The predicted molar refractivity (Wildman–Crippen MR) is 140 cm³/mol. The third-order valence-electron chi connectivity index (χ3n) is 7.44. The van der Waals surface area contributed by atoms with Gasteiger partial charge >= 0.3 is 11.4 Å². The number of hydrogen-bond donors (Lipinski definition) is 4. The topological polar surface area (TPSA) is 272 Å². The number of rotatable bonds is 8. The fraction of sp³-hybridized carbons (Fsp3) is 0.636. The summed E-state index contributed by atoms with van der Waals surface area (Å²) in [6.07, 6.45) is -1.04. The van der Waals surface area contributed by atoms with Crippen molar-refractivity contribution in [3.63, 3.8) is 0 Å². The van der Waals surface area contributed by atoms with Gasteiger partial charge in [-0.05, 0) is 23.5 Å². The summed E-state index contributed by atoms with van der Waals surface area (Å²) in [4.78, 5) is 45.7. The number of nitrogen functional groups attached to an aromatic ring is 1. The molecule has 2 aliphatic rings. The van der Waals surface area contributed by atoms with Gasteiger partial charge in [-0.1, -0.05) is 24.1 Å². The van der Waals surface area contributed by atoms with Gasteiger partial charge in [0, 0.05) is 34.2 Å². The first-order valence-electron chi connectivity index (χ1n) is 12.5. The third kappa shape index (κ3) is 5.85. The predicted octanol–water partition coefficient (Wildman–Crippen LogP) is 0.593. The Morgan fingerprint density at radius 3 is 2.17 bits per heavy atom. The standard InChI is InChI=1S/C12H16FN5O3.C10H13FN6O4/c1-3-12(6-13)7(2)9(16-17-14)10(21-12)18-5-4-8(19)15-11(18)20;11-3-10(4-18)7(19)6(15-16-13)8(21-10)17-2-1-5(12)14-9(17)20/h4-5,7,9-10H,3,6H2,1-2H3,(H,15,19,20);1-2,6-8,18-19H,3-4H2,(H2,12,14,20)/t7-,9-,10+,12-;6-,7-,8+,10+/m00/s1. The van der Waals surface area contributed by atoms with Crippen molar-refractivity contribution in [2.24, 2.45) is 16.1 Å². The highest BCUT2D eigenvalue weighted by Crippen LogP contribution is 2.45. The summed E-state index contributed by atoms with van der Waals surface area (Å²) in [5.41, 5.74) is 17.5. The molecule has 2 saturated heterocycles. The molecule has 4 heterocycles. The highest BCUT2D eigenvalue weighted by atomic mass is 19.1. The van der Waals surface area contributed by atoms with Gasteiger partial charge in [-0.25, -0.2) is 18.4 Å². The van der Waals surface area contributed by atoms with Crippen LogP contribution in [0.15, 0.2) is 49.1 Å². The number of nitrogens with two attached hydrogens (primary N) is 1. The Hall–Kier alpha value is -4.32. The van der Waals surface area contributed by atoms with Crippen LogP contribution in [-0.2, 0) is 9.47 Å².